The van der Waals surface area contributed by atoms with Crippen LogP contribution in [-0.2, 0) is 6.42 Å². The van der Waals surface area contributed by atoms with Crippen LogP contribution in [0.3, 0.4) is 0 Å². The smallest absolute Gasteiger partial charge is 0.132 e. The molecule has 4 heteroatoms. The second-order valence-electron chi connectivity index (χ2n) is 5.32. The van der Waals surface area contributed by atoms with Crippen molar-refractivity contribution in [1.29, 1.82) is 0 Å². The zero-order chi connectivity index (χ0) is 13.1. The molecule has 1 aromatic heterocycles. The van der Waals surface area contributed by atoms with Crippen molar-refractivity contribution in [3.8, 4) is 0 Å². The second-order valence-corrected chi connectivity index (χ2v) is 5.32. The molecule has 1 heterocycles. The van der Waals surface area contributed by atoms with E-state index in [1.807, 2.05) is 13.1 Å². The minimum absolute atomic E-state index is 0.546. The Balaban J connectivity index is 2.13. The average molecular weight is 248 g/mol. The molecule has 0 bridgehead atoms. The first-order chi connectivity index (χ1) is 8.63. The molecule has 1 aliphatic rings. The van der Waals surface area contributed by atoms with Gasteiger partial charge in [0.1, 0.15) is 17.5 Å². The van der Waals surface area contributed by atoms with Gasteiger partial charge in [-0.3, -0.25) is 0 Å². The molecule has 0 spiro atoms. The van der Waals surface area contributed by atoms with Crippen LogP contribution in [0, 0.1) is 11.8 Å². The SMILES string of the molecule is CCc1nc(NC)cc(NC2CCC(C)C2C)n1. The molecule has 100 valence electrons. The fourth-order valence-electron chi connectivity index (χ4n) is 2.62. The predicted octanol–water partition coefficient (Wildman–Crippen LogP) is 2.93. The van der Waals surface area contributed by atoms with Gasteiger partial charge in [-0.15, -0.1) is 0 Å². The molecule has 1 saturated carbocycles. The molecule has 0 saturated heterocycles. The summed E-state index contributed by atoms with van der Waals surface area (Å²) in [5.41, 5.74) is 0. The summed E-state index contributed by atoms with van der Waals surface area (Å²) in [7, 11) is 1.89. The summed E-state index contributed by atoms with van der Waals surface area (Å²) in [5.74, 6) is 4.25. The number of aromatic nitrogens is 2. The second kappa shape index (κ2) is 5.55. The summed E-state index contributed by atoms with van der Waals surface area (Å²) in [5, 5.41) is 6.68. The Labute approximate surface area is 110 Å². The van der Waals surface area contributed by atoms with Crippen LogP contribution in [0.2, 0.25) is 0 Å². The number of hydrogen-bond acceptors (Lipinski definition) is 4. The highest BCUT2D eigenvalue weighted by molar-refractivity contribution is 5.48. The molecule has 2 rings (SSSR count). The van der Waals surface area contributed by atoms with Crippen LogP contribution in [0.4, 0.5) is 11.6 Å². The van der Waals surface area contributed by atoms with Crippen LogP contribution >= 0.6 is 0 Å². The van der Waals surface area contributed by atoms with E-state index < -0.39 is 0 Å². The van der Waals surface area contributed by atoms with Crippen molar-refractivity contribution in [2.24, 2.45) is 11.8 Å². The normalized spacial score (nSPS) is 27.2. The third-order valence-corrected chi connectivity index (χ3v) is 4.14. The van der Waals surface area contributed by atoms with Gasteiger partial charge in [0.05, 0.1) is 0 Å². The fourth-order valence-corrected chi connectivity index (χ4v) is 2.62. The highest BCUT2D eigenvalue weighted by Crippen LogP contribution is 2.33. The van der Waals surface area contributed by atoms with E-state index in [4.69, 9.17) is 0 Å². The average Bonchev–Trinajstić information content (AvgIpc) is 2.70. The largest absolute Gasteiger partial charge is 0.373 e. The first-order valence-corrected chi connectivity index (χ1v) is 6.96. The van der Waals surface area contributed by atoms with E-state index in [-0.39, 0.29) is 0 Å². The first-order valence-electron chi connectivity index (χ1n) is 6.96. The lowest BCUT2D eigenvalue weighted by atomic mass is 9.98. The summed E-state index contributed by atoms with van der Waals surface area (Å²) < 4.78 is 0. The maximum Gasteiger partial charge on any atom is 0.132 e. The molecule has 1 aliphatic carbocycles. The van der Waals surface area contributed by atoms with Gasteiger partial charge in [0, 0.05) is 25.6 Å². The van der Waals surface area contributed by atoms with Crippen molar-refractivity contribution in [3.05, 3.63) is 11.9 Å². The van der Waals surface area contributed by atoms with Crippen molar-refractivity contribution in [2.45, 2.75) is 46.1 Å². The van der Waals surface area contributed by atoms with Crippen LogP contribution in [0.15, 0.2) is 6.07 Å². The topological polar surface area (TPSA) is 49.8 Å². The Morgan fingerprint density at radius 2 is 1.94 bits per heavy atom. The van der Waals surface area contributed by atoms with E-state index in [1.54, 1.807) is 0 Å². The molecular formula is C14H24N4. The van der Waals surface area contributed by atoms with E-state index in [0.29, 0.717) is 12.0 Å². The number of aryl methyl sites for hydroxylation is 1. The monoisotopic (exact) mass is 248 g/mol. The Bertz CT molecular complexity index is 383. The highest BCUT2D eigenvalue weighted by Gasteiger charge is 2.29. The van der Waals surface area contributed by atoms with Crippen LogP contribution in [0.25, 0.3) is 0 Å². The van der Waals surface area contributed by atoms with Gasteiger partial charge in [0.25, 0.3) is 0 Å². The molecule has 0 radical (unpaired) electrons. The van der Waals surface area contributed by atoms with E-state index in [0.717, 1.165) is 29.8 Å². The van der Waals surface area contributed by atoms with Crippen LogP contribution in [0.1, 0.15) is 39.4 Å². The van der Waals surface area contributed by atoms with E-state index in [9.17, 15) is 0 Å². The lowest BCUT2D eigenvalue weighted by molar-refractivity contribution is 0.435. The van der Waals surface area contributed by atoms with Crippen LogP contribution < -0.4 is 10.6 Å². The van der Waals surface area contributed by atoms with Gasteiger partial charge in [-0.25, -0.2) is 9.97 Å². The summed E-state index contributed by atoms with van der Waals surface area (Å²) in [4.78, 5) is 8.98. The molecule has 0 aliphatic heterocycles. The lowest BCUT2D eigenvalue weighted by Gasteiger charge is -2.20. The van der Waals surface area contributed by atoms with Gasteiger partial charge in [0.2, 0.25) is 0 Å². The third-order valence-electron chi connectivity index (χ3n) is 4.14. The van der Waals surface area contributed by atoms with E-state index in [2.05, 4.69) is 41.4 Å². The van der Waals surface area contributed by atoms with Crippen molar-refractivity contribution < 1.29 is 0 Å². The zero-order valence-electron chi connectivity index (χ0n) is 11.8. The minimum Gasteiger partial charge on any atom is -0.373 e. The van der Waals surface area contributed by atoms with Crippen LogP contribution in [0.5, 0.6) is 0 Å². The maximum atomic E-state index is 4.56. The predicted molar refractivity (Wildman–Crippen MR) is 75.9 cm³/mol. The standard InChI is InChI=1S/C14H24N4/c1-5-12-17-13(15-4)8-14(18-12)16-11-7-6-9(2)10(11)3/h8-11H,5-7H2,1-4H3,(H2,15,16,17,18). The minimum atomic E-state index is 0.546. The number of anilines is 2. The number of nitrogens with zero attached hydrogens (tertiary/aromatic N) is 2. The molecule has 1 fully saturated rings. The molecule has 3 atom stereocenters. The van der Waals surface area contributed by atoms with Gasteiger partial charge >= 0.3 is 0 Å². The summed E-state index contributed by atoms with van der Waals surface area (Å²) >= 11 is 0. The van der Waals surface area contributed by atoms with E-state index in [1.165, 1.54) is 12.8 Å². The zero-order valence-corrected chi connectivity index (χ0v) is 11.8. The Morgan fingerprint density at radius 1 is 1.22 bits per heavy atom. The molecule has 0 aromatic carbocycles. The van der Waals surface area contributed by atoms with Gasteiger partial charge in [-0.1, -0.05) is 20.8 Å². The van der Waals surface area contributed by atoms with Gasteiger partial charge in [-0.05, 0) is 24.7 Å². The Hall–Kier alpha value is -1.32. The number of hydrogen-bond donors (Lipinski definition) is 2. The Morgan fingerprint density at radius 3 is 2.50 bits per heavy atom. The maximum absolute atomic E-state index is 4.56. The molecule has 18 heavy (non-hydrogen) atoms. The van der Waals surface area contributed by atoms with Gasteiger partial charge < -0.3 is 10.6 Å². The quantitative estimate of drug-likeness (QED) is 0.860. The van der Waals surface area contributed by atoms with E-state index >= 15 is 0 Å². The first kappa shape index (κ1) is 13.1. The molecule has 2 N–H and O–H groups in total. The van der Waals surface area contributed by atoms with Gasteiger partial charge in [0.15, 0.2) is 0 Å². The lowest BCUT2D eigenvalue weighted by Crippen LogP contribution is -2.25. The molecule has 1 aromatic rings. The Kier molecular flexibility index (Phi) is 4.04. The third kappa shape index (κ3) is 2.74. The molecular weight excluding hydrogens is 224 g/mol. The summed E-state index contributed by atoms with van der Waals surface area (Å²) in [6.07, 6.45) is 3.41. The number of rotatable bonds is 4. The van der Waals surface area contributed by atoms with Crippen LogP contribution in [-0.4, -0.2) is 23.1 Å². The number of nitrogens with one attached hydrogen (secondary N) is 2. The molecule has 0 amide bonds. The van der Waals surface area contributed by atoms with Gasteiger partial charge in [-0.2, -0.15) is 0 Å². The van der Waals surface area contributed by atoms with Crippen molar-refractivity contribution in [2.75, 3.05) is 17.7 Å². The fraction of sp³-hybridized carbons (Fsp3) is 0.714. The molecule has 3 unspecified atom stereocenters. The highest BCUT2D eigenvalue weighted by atomic mass is 15.1. The molecule has 4 nitrogen and oxygen atoms in total. The summed E-state index contributed by atoms with van der Waals surface area (Å²) in [6.45, 7) is 6.75. The summed E-state index contributed by atoms with van der Waals surface area (Å²) in [6, 6.07) is 2.54. The van der Waals surface area contributed by atoms with Crippen molar-refractivity contribution >= 4 is 11.6 Å². The van der Waals surface area contributed by atoms with Crippen molar-refractivity contribution in [3.63, 3.8) is 0 Å². The van der Waals surface area contributed by atoms with Crippen molar-refractivity contribution in [1.82, 2.24) is 9.97 Å².